The molecule has 2 aromatic carbocycles. The molecule has 2 saturated carbocycles. The smallest absolute Gasteiger partial charge is 0.338 e. The Morgan fingerprint density at radius 3 is 1.55 bits per heavy atom. The van der Waals surface area contributed by atoms with Crippen molar-refractivity contribution in [2.24, 2.45) is 0 Å². The molecule has 0 aliphatic heterocycles. The minimum absolute atomic E-state index is 0.251. The number of hydrogen-bond donors (Lipinski definition) is 1. The van der Waals surface area contributed by atoms with Crippen LogP contribution in [0.5, 0.6) is 0 Å². The second-order valence-corrected chi connectivity index (χ2v) is 7.33. The van der Waals surface area contributed by atoms with E-state index in [2.05, 4.69) is 0 Å². The number of carbonyl (C=O) groups excluding carboxylic acids is 1. The number of aliphatic carboxylic acids is 1. The first-order chi connectivity index (χ1) is 14.0. The molecule has 29 heavy (non-hydrogen) atoms. The molecule has 4 rings (SSSR count). The van der Waals surface area contributed by atoms with E-state index in [9.17, 15) is 9.59 Å². The van der Waals surface area contributed by atoms with Crippen LogP contribution in [-0.4, -0.2) is 35.4 Å². The van der Waals surface area contributed by atoms with Crippen LogP contribution < -0.4 is 0 Å². The van der Waals surface area contributed by atoms with Gasteiger partial charge >= 0.3 is 11.9 Å². The average molecular weight is 398 g/mol. The zero-order chi connectivity index (χ0) is 20.7. The molecule has 0 aromatic heterocycles. The molecule has 2 fully saturated rings. The SMILES string of the molecule is COC(=O)C1(OCc2ccccc2)CC1.O=C(O)C1(OCc2ccccc2)CC1. The minimum atomic E-state index is -0.879. The highest BCUT2D eigenvalue weighted by molar-refractivity contribution is 5.82. The number of carbonyl (C=O) groups is 2. The summed E-state index contributed by atoms with van der Waals surface area (Å²) in [4.78, 5) is 22.1. The first-order valence-electron chi connectivity index (χ1n) is 9.67. The molecule has 0 heterocycles. The van der Waals surface area contributed by atoms with E-state index < -0.39 is 17.2 Å². The zero-order valence-electron chi connectivity index (χ0n) is 16.5. The van der Waals surface area contributed by atoms with Gasteiger partial charge in [0.25, 0.3) is 0 Å². The van der Waals surface area contributed by atoms with Crippen LogP contribution >= 0.6 is 0 Å². The minimum Gasteiger partial charge on any atom is -0.479 e. The van der Waals surface area contributed by atoms with E-state index in [0.717, 1.165) is 24.0 Å². The molecule has 6 nitrogen and oxygen atoms in total. The molecular formula is C23H26O6. The Balaban J connectivity index is 0.000000166. The number of hydrogen-bond acceptors (Lipinski definition) is 5. The van der Waals surface area contributed by atoms with Gasteiger partial charge < -0.3 is 19.3 Å². The number of rotatable bonds is 8. The Bertz CT molecular complexity index is 810. The topological polar surface area (TPSA) is 82.1 Å². The maximum absolute atomic E-state index is 11.4. The van der Waals surface area contributed by atoms with Gasteiger partial charge in [-0.05, 0) is 36.8 Å². The quantitative estimate of drug-likeness (QED) is 0.683. The molecule has 0 amide bonds. The lowest BCUT2D eigenvalue weighted by molar-refractivity contribution is -0.158. The number of carboxylic acid groups (broad SMARTS) is 1. The molecule has 0 radical (unpaired) electrons. The molecule has 2 aromatic rings. The van der Waals surface area contributed by atoms with Gasteiger partial charge in [-0.15, -0.1) is 0 Å². The summed E-state index contributed by atoms with van der Waals surface area (Å²) in [6, 6.07) is 19.4. The lowest BCUT2D eigenvalue weighted by atomic mass is 10.2. The van der Waals surface area contributed by atoms with E-state index >= 15 is 0 Å². The second kappa shape index (κ2) is 9.20. The van der Waals surface area contributed by atoms with Gasteiger partial charge in [0.15, 0.2) is 11.2 Å². The summed E-state index contributed by atoms with van der Waals surface area (Å²) in [5, 5.41) is 8.86. The van der Waals surface area contributed by atoms with Crippen LogP contribution in [0.2, 0.25) is 0 Å². The lowest BCUT2D eigenvalue weighted by Gasteiger charge is -2.13. The van der Waals surface area contributed by atoms with Crippen LogP contribution in [0.15, 0.2) is 60.7 Å². The Morgan fingerprint density at radius 2 is 1.21 bits per heavy atom. The first-order valence-corrected chi connectivity index (χ1v) is 9.67. The molecule has 0 atom stereocenters. The molecule has 0 unspecified atom stereocenters. The van der Waals surface area contributed by atoms with Gasteiger partial charge in [-0.3, -0.25) is 0 Å². The van der Waals surface area contributed by atoms with Crippen LogP contribution in [0.4, 0.5) is 0 Å². The molecule has 1 N–H and O–H groups in total. The summed E-state index contributed by atoms with van der Waals surface area (Å²) >= 11 is 0. The molecular weight excluding hydrogens is 372 g/mol. The summed E-state index contributed by atoms with van der Waals surface area (Å²) in [6.45, 7) is 0.850. The van der Waals surface area contributed by atoms with Gasteiger partial charge in [0.1, 0.15) is 0 Å². The van der Waals surface area contributed by atoms with Crippen molar-refractivity contribution in [3.05, 3.63) is 71.8 Å². The molecule has 2 aliphatic rings. The number of carboxylic acids is 1. The molecule has 2 aliphatic carbocycles. The Hall–Kier alpha value is -2.70. The zero-order valence-corrected chi connectivity index (χ0v) is 16.5. The van der Waals surface area contributed by atoms with Crippen molar-refractivity contribution >= 4 is 11.9 Å². The first kappa shape index (κ1) is 21.0. The highest BCUT2D eigenvalue weighted by Crippen LogP contribution is 2.41. The van der Waals surface area contributed by atoms with E-state index in [1.807, 2.05) is 60.7 Å². The maximum Gasteiger partial charge on any atom is 0.338 e. The Morgan fingerprint density at radius 1 is 0.793 bits per heavy atom. The van der Waals surface area contributed by atoms with Gasteiger partial charge in [-0.1, -0.05) is 60.7 Å². The monoisotopic (exact) mass is 398 g/mol. The molecule has 154 valence electrons. The Labute approximate surface area is 170 Å². The van der Waals surface area contributed by atoms with Gasteiger partial charge in [0.2, 0.25) is 0 Å². The molecule has 0 bridgehead atoms. The van der Waals surface area contributed by atoms with Gasteiger partial charge in [-0.25, -0.2) is 9.59 Å². The number of ether oxygens (including phenoxy) is 3. The van der Waals surface area contributed by atoms with Crippen LogP contribution in [0.1, 0.15) is 36.8 Å². The average Bonchev–Trinajstić information content (AvgIpc) is 3.68. The van der Waals surface area contributed by atoms with E-state index in [1.165, 1.54) is 7.11 Å². The normalized spacial score (nSPS) is 17.4. The lowest BCUT2D eigenvalue weighted by Crippen LogP contribution is -2.27. The van der Waals surface area contributed by atoms with Crippen molar-refractivity contribution in [1.82, 2.24) is 0 Å². The fraction of sp³-hybridized carbons (Fsp3) is 0.391. The van der Waals surface area contributed by atoms with E-state index in [1.54, 1.807) is 0 Å². The van der Waals surface area contributed by atoms with Gasteiger partial charge in [0.05, 0.1) is 20.3 Å². The highest BCUT2D eigenvalue weighted by Gasteiger charge is 2.53. The van der Waals surface area contributed by atoms with Crippen molar-refractivity contribution in [2.45, 2.75) is 50.1 Å². The third-order valence-electron chi connectivity index (χ3n) is 5.07. The molecule has 6 heteroatoms. The summed E-state index contributed by atoms with van der Waals surface area (Å²) in [6.07, 6.45) is 2.81. The van der Waals surface area contributed by atoms with Gasteiger partial charge in [-0.2, -0.15) is 0 Å². The summed E-state index contributed by atoms with van der Waals surface area (Å²) in [7, 11) is 1.40. The van der Waals surface area contributed by atoms with Crippen LogP contribution in [0.25, 0.3) is 0 Å². The third-order valence-corrected chi connectivity index (χ3v) is 5.07. The molecule has 0 saturated heterocycles. The van der Waals surface area contributed by atoms with Gasteiger partial charge in [0, 0.05) is 0 Å². The summed E-state index contributed by atoms with van der Waals surface area (Å²) in [5.74, 6) is -1.09. The van der Waals surface area contributed by atoms with Crippen molar-refractivity contribution in [2.75, 3.05) is 7.11 Å². The maximum atomic E-state index is 11.4. The van der Waals surface area contributed by atoms with E-state index in [0.29, 0.717) is 26.1 Å². The predicted octanol–water partition coefficient (Wildman–Crippen LogP) is 3.73. The van der Waals surface area contributed by atoms with Crippen molar-refractivity contribution in [3.63, 3.8) is 0 Å². The summed E-state index contributed by atoms with van der Waals surface area (Å²) in [5.41, 5.74) is 0.563. The highest BCUT2D eigenvalue weighted by atomic mass is 16.6. The number of benzene rings is 2. The Kier molecular flexibility index (Phi) is 6.67. The summed E-state index contributed by atoms with van der Waals surface area (Å²) < 4.78 is 15.7. The van der Waals surface area contributed by atoms with Crippen molar-refractivity contribution in [1.29, 1.82) is 0 Å². The van der Waals surface area contributed by atoms with Crippen LogP contribution in [-0.2, 0) is 37.0 Å². The molecule has 0 spiro atoms. The third kappa shape index (κ3) is 5.65. The van der Waals surface area contributed by atoms with Crippen molar-refractivity contribution in [3.8, 4) is 0 Å². The standard InChI is InChI=1S/C12H14O3.C11H12O3/c1-14-11(13)12(7-8-12)15-9-10-5-3-2-4-6-10;12-10(13)11(6-7-11)14-8-9-4-2-1-3-5-9/h2-6H,7-9H2,1H3;1-5H,6-8H2,(H,12,13). The predicted molar refractivity (Wildman–Crippen MR) is 106 cm³/mol. The van der Waals surface area contributed by atoms with Crippen molar-refractivity contribution < 1.29 is 28.9 Å². The number of esters is 1. The number of methoxy groups -OCH3 is 1. The fourth-order valence-corrected chi connectivity index (χ4v) is 2.83. The second-order valence-electron chi connectivity index (χ2n) is 7.33. The largest absolute Gasteiger partial charge is 0.479 e. The van der Waals surface area contributed by atoms with Crippen LogP contribution in [0.3, 0.4) is 0 Å². The van der Waals surface area contributed by atoms with E-state index in [-0.39, 0.29) is 5.97 Å². The fourth-order valence-electron chi connectivity index (χ4n) is 2.83. The van der Waals surface area contributed by atoms with E-state index in [4.69, 9.17) is 19.3 Å². The van der Waals surface area contributed by atoms with Crippen LogP contribution in [0, 0.1) is 0 Å².